The van der Waals surface area contributed by atoms with Crippen LogP contribution in [0.1, 0.15) is 68.9 Å². The van der Waals surface area contributed by atoms with Crippen molar-refractivity contribution < 1.29 is 14.3 Å². The molecule has 2 fully saturated rings. The van der Waals surface area contributed by atoms with Gasteiger partial charge in [0, 0.05) is 30.2 Å². The van der Waals surface area contributed by atoms with Crippen LogP contribution >= 0.6 is 0 Å². The van der Waals surface area contributed by atoms with E-state index >= 15 is 0 Å². The van der Waals surface area contributed by atoms with Gasteiger partial charge < -0.3 is 20.7 Å². The number of nitrogens with two attached hydrogens (primary N) is 1. The number of ether oxygens (including phenoxy) is 1. The van der Waals surface area contributed by atoms with Gasteiger partial charge in [-0.3, -0.25) is 9.59 Å². The SMILES string of the molecule is COc1ccc(CC(=O)Nc2ccccc2CN(C(=O)C2CCCCC2)C2CCC(N)CC2)cc1. The fourth-order valence-electron chi connectivity index (χ4n) is 5.47. The zero-order valence-corrected chi connectivity index (χ0v) is 20.9. The largest absolute Gasteiger partial charge is 0.497 e. The summed E-state index contributed by atoms with van der Waals surface area (Å²) in [5.74, 6) is 1.10. The van der Waals surface area contributed by atoms with Gasteiger partial charge in [0.05, 0.1) is 13.5 Å². The monoisotopic (exact) mass is 477 g/mol. The van der Waals surface area contributed by atoms with Crippen molar-refractivity contribution in [3.05, 3.63) is 59.7 Å². The van der Waals surface area contributed by atoms with E-state index in [9.17, 15) is 9.59 Å². The maximum absolute atomic E-state index is 13.7. The molecule has 2 aliphatic rings. The maximum Gasteiger partial charge on any atom is 0.228 e. The quantitative estimate of drug-likeness (QED) is 0.557. The summed E-state index contributed by atoms with van der Waals surface area (Å²) in [7, 11) is 1.63. The van der Waals surface area contributed by atoms with Crippen LogP contribution in [0.25, 0.3) is 0 Å². The number of nitrogens with zero attached hydrogens (tertiary/aromatic N) is 1. The molecule has 188 valence electrons. The topological polar surface area (TPSA) is 84.7 Å². The summed E-state index contributed by atoms with van der Waals surface area (Å²) in [6.45, 7) is 0.522. The first-order chi connectivity index (χ1) is 17.0. The van der Waals surface area contributed by atoms with E-state index in [1.807, 2.05) is 48.5 Å². The number of hydrogen-bond acceptors (Lipinski definition) is 4. The number of benzene rings is 2. The molecule has 2 aliphatic carbocycles. The molecule has 4 rings (SSSR count). The highest BCUT2D eigenvalue weighted by Gasteiger charge is 2.33. The molecule has 6 nitrogen and oxygen atoms in total. The van der Waals surface area contributed by atoms with Crippen LogP contribution < -0.4 is 15.8 Å². The summed E-state index contributed by atoms with van der Waals surface area (Å²) >= 11 is 0. The number of carbonyl (C=O) groups excluding carboxylic acids is 2. The van der Waals surface area contributed by atoms with Crippen LogP contribution in [-0.2, 0) is 22.6 Å². The van der Waals surface area contributed by atoms with E-state index in [-0.39, 0.29) is 36.2 Å². The summed E-state index contributed by atoms with van der Waals surface area (Å²) < 4.78 is 5.20. The molecule has 6 heteroatoms. The maximum atomic E-state index is 13.7. The molecule has 2 aromatic rings. The molecular formula is C29H39N3O3. The van der Waals surface area contributed by atoms with Crippen molar-refractivity contribution in [2.75, 3.05) is 12.4 Å². The van der Waals surface area contributed by atoms with Gasteiger partial charge in [0.25, 0.3) is 0 Å². The van der Waals surface area contributed by atoms with Crippen molar-refractivity contribution in [3.8, 4) is 5.75 Å². The number of rotatable bonds is 8. The number of nitrogens with one attached hydrogen (secondary N) is 1. The second kappa shape index (κ2) is 12.2. The lowest BCUT2D eigenvalue weighted by molar-refractivity contribution is -0.140. The fourth-order valence-corrected chi connectivity index (χ4v) is 5.47. The smallest absolute Gasteiger partial charge is 0.228 e. The Morgan fingerprint density at radius 3 is 2.31 bits per heavy atom. The zero-order chi connectivity index (χ0) is 24.6. The Morgan fingerprint density at radius 2 is 1.63 bits per heavy atom. The van der Waals surface area contributed by atoms with E-state index in [4.69, 9.17) is 10.5 Å². The van der Waals surface area contributed by atoms with Crippen LogP contribution in [0.2, 0.25) is 0 Å². The molecular weight excluding hydrogens is 438 g/mol. The van der Waals surface area contributed by atoms with Crippen LogP contribution in [-0.4, -0.2) is 35.9 Å². The molecule has 2 aromatic carbocycles. The van der Waals surface area contributed by atoms with Gasteiger partial charge in [-0.05, 0) is 67.9 Å². The number of anilines is 1. The third-order valence-electron chi connectivity index (χ3n) is 7.58. The Labute approximate surface area is 209 Å². The van der Waals surface area contributed by atoms with Crippen LogP contribution in [0.3, 0.4) is 0 Å². The minimum Gasteiger partial charge on any atom is -0.497 e. The fraction of sp³-hybridized carbons (Fsp3) is 0.517. The number of amides is 2. The van der Waals surface area contributed by atoms with E-state index in [1.165, 1.54) is 6.42 Å². The molecule has 0 radical (unpaired) electrons. The molecule has 0 saturated heterocycles. The summed E-state index contributed by atoms with van der Waals surface area (Å²) in [6, 6.07) is 15.9. The first-order valence-electron chi connectivity index (χ1n) is 13.1. The molecule has 3 N–H and O–H groups in total. The van der Waals surface area contributed by atoms with Gasteiger partial charge >= 0.3 is 0 Å². The lowest BCUT2D eigenvalue weighted by atomic mass is 9.85. The average Bonchev–Trinajstić information content (AvgIpc) is 2.89. The van der Waals surface area contributed by atoms with Crippen molar-refractivity contribution in [3.63, 3.8) is 0 Å². The second-order valence-electron chi connectivity index (χ2n) is 10.1. The lowest BCUT2D eigenvalue weighted by Crippen LogP contribution is -2.46. The minimum atomic E-state index is -0.0728. The van der Waals surface area contributed by atoms with E-state index < -0.39 is 0 Å². The summed E-state index contributed by atoms with van der Waals surface area (Å²) in [4.78, 5) is 28.7. The highest BCUT2D eigenvalue weighted by Crippen LogP contribution is 2.31. The Hall–Kier alpha value is -2.86. The molecule has 2 amide bonds. The third kappa shape index (κ3) is 6.85. The van der Waals surface area contributed by atoms with Gasteiger partial charge in [0.2, 0.25) is 11.8 Å². The highest BCUT2D eigenvalue weighted by atomic mass is 16.5. The van der Waals surface area contributed by atoms with Crippen molar-refractivity contribution in [2.45, 2.75) is 82.8 Å². The molecule has 35 heavy (non-hydrogen) atoms. The lowest BCUT2D eigenvalue weighted by Gasteiger charge is -2.39. The molecule has 0 bridgehead atoms. The van der Waals surface area contributed by atoms with Crippen LogP contribution in [0.15, 0.2) is 48.5 Å². The minimum absolute atomic E-state index is 0.0728. The molecule has 0 aliphatic heterocycles. The highest BCUT2D eigenvalue weighted by molar-refractivity contribution is 5.93. The molecule has 0 spiro atoms. The zero-order valence-electron chi connectivity index (χ0n) is 20.9. The number of hydrogen-bond donors (Lipinski definition) is 2. The van der Waals surface area contributed by atoms with Crippen LogP contribution in [0, 0.1) is 5.92 Å². The number of para-hydroxylation sites is 1. The van der Waals surface area contributed by atoms with E-state index in [2.05, 4.69) is 10.2 Å². The Bertz CT molecular complexity index is 977. The third-order valence-corrected chi connectivity index (χ3v) is 7.58. The van der Waals surface area contributed by atoms with Crippen molar-refractivity contribution >= 4 is 17.5 Å². The van der Waals surface area contributed by atoms with Crippen LogP contribution in [0.5, 0.6) is 5.75 Å². The summed E-state index contributed by atoms with van der Waals surface area (Å²) in [6.07, 6.45) is 9.57. The van der Waals surface area contributed by atoms with Crippen molar-refractivity contribution in [2.24, 2.45) is 11.7 Å². The molecule has 0 heterocycles. The Kier molecular flexibility index (Phi) is 8.80. The van der Waals surface area contributed by atoms with Gasteiger partial charge in [0.15, 0.2) is 0 Å². The van der Waals surface area contributed by atoms with E-state index in [0.29, 0.717) is 6.54 Å². The molecule has 2 saturated carbocycles. The summed E-state index contributed by atoms with van der Waals surface area (Å²) in [5.41, 5.74) is 8.85. The first-order valence-corrected chi connectivity index (χ1v) is 13.1. The van der Waals surface area contributed by atoms with Gasteiger partial charge in [-0.1, -0.05) is 49.6 Å². The van der Waals surface area contributed by atoms with E-state index in [0.717, 1.165) is 73.9 Å². The van der Waals surface area contributed by atoms with Gasteiger partial charge in [-0.2, -0.15) is 0 Å². The molecule has 0 unspecified atom stereocenters. The molecule has 0 aromatic heterocycles. The standard InChI is InChI=1S/C29H39N3O3/c1-35-26-17-11-21(12-18-26)19-28(33)31-27-10-6-5-9-23(27)20-32(25-15-13-24(30)14-16-25)29(34)22-7-3-2-4-8-22/h5-6,9-12,17-18,22,24-25H,2-4,7-8,13-16,19-20,30H2,1H3,(H,31,33). The second-order valence-corrected chi connectivity index (χ2v) is 10.1. The Morgan fingerprint density at radius 1 is 0.943 bits per heavy atom. The van der Waals surface area contributed by atoms with Crippen molar-refractivity contribution in [1.82, 2.24) is 4.90 Å². The first kappa shape index (κ1) is 25.2. The normalized spacial score (nSPS) is 20.7. The Balaban J connectivity index is 1.48. The number of carbonyl (C=O) groups is 2. The van der Waals surface area contributed by atoms with E-state index in [1.54, 1.807) is 7.11 Å². The van der Waals surface area contributed by atoms with Gasteiger partial charge in [-0.25, -0.2) is 0 Å². The van der Waals surface area contributed by atoms with Gasteiger partial charge in [-0.15, -0.1) is 0 Å². The molecule has 0 atom stereocenters. The average molecular weight is 478 g/mol. The predicted molar refractivity (Wildman–Crippen MR) is 139 cm³/mol. The van der Waals surface area contributed by atoms with Crippen LogP contribution in [0.4, 0.5) is 5.69 Å². The predicted octanol–water partition coefficient (Wildman–Crippen LogP) is 5.06. The van der Waals surface area contributed by atoms with Crippen molar-refractivity contribution in [1.29, 1.82) is 0 Å². The van der Waals surface area contributed by atoms with Gasteiger partial charge in [0.1, 0.15) is 5.75 Å². The summed E-state index contributed by atoms with van der Waals surface area (Å²) in [5, 5.41) is 3.09. The number of methoxy groups -OCH3 is 1.